The van der Waals surface area contributed by atoms with Crippen molar-refractivity contribution in [1.29, 1.82) is 0 Å². The van der Waals surface area contributed by atoms with E-state index in [4.69, 9.17) is 5.73 Å². The first-order chi connectivity index (χ1) is 8.10. The first-order valence-electron chi connectivity index (χ1n) is 6.31. The highest BCUT2D eigenvalue weighted by Crippen LogP contribution is 2.25. The SMILES string of the molecule is CCCN(C)C(c1ccc(Br)cc1)C(N)CC. The fourth-order valence-electron chi connectivity index (χ4n) is 2.20. The summed E-state index contributed by atoms with van der Waals surface area (Å²) >= 11 is 3.47. The Hall–Kier alpha value is -0.380. The second-order valence-corrected chi connectivity index (χ2v) is 5.46. The van der Waals surface area contributed by atoms with Gasteiger partial charge in [-0.15, -0.1) is 0 Å². The van der Waals surface area contributed by atoms with E-state index in [-0.39, 0.29) is 6.04 Å². The Morgan fingerprint density at radius 3 is 2.29 bits per heavy atom. The molecule has 0 saturated heterocycles. The van der Waals surface area contributed by atoms with Crippen molar-refractivity contribution in [3.05, 3.63) is 34.3 Å². The van der Waals surface area contributed by atoms with Gasteiger partial charge in [-0.05, 0) is 44.1 Å². The molecule has 96 valence electrons. The standard InChI is InChI=1S/C14H23BrN2/c1-4-10-17(3)14(13(16)5-2)11-6-8-12(15)9-7-11/h6-9,13-14H,4-5,10,16H2,1-3H3. The van der Waals surface area contributed by atoms with Crippen molar-refractivity contribution in [2.75, 3.05) is 13.6 Å². The maximum absolute atomic E-state index is 6.27. The summed E-state index contributed by atoms with van der Waals surface area (Å²) in [5.74, 6) is 0. The number of hydrogen-bond donors (Lipinski definition) is 1. The van der Waals surface area contributed by atoms with Gasteiger partial charge in [0.2, 0.25) is 0 Å². The van der Waals surface area contributed by atoms with Gasteiger partial charge >= 0.3 is 0 Å². The van der Waals surface area contributed by atoms with Gasteiger partial charge in [-0.3, -0.25) is 4.90 Å². The van der Waals surface area contributed by atoms with Crippen molar-refractivity contribution in [3.8, 4) is 0 Å². The molecule has 0 spiro atoms. The Labute approximate surface area is 113 Å². The number of halogens is 1. The maximum Gasteiger partial charge on any atom is 0.0496 e. The van der Waals surface area contributed by atoms with Crippen LogP contribution in [-0.2, 0) is 0 Å². The van der Waals surface area contributed by atoms with Crippen LogP contribution in [0, 0.1) is 0 Å². The Morgan fingerprint density at radius 2 is 1.82 bits per heavy atom. The van der Waals surface area contributed by atoms with Gasteiger partial charge in [0.25, 0.3) is 0 Å². The number of benzene rings is 1. The van der Waals surface area contributed by atoms with Crippen molar-refractivity contribution in [1.82, 2.24) is 4.90 Å². The number of likely N-dealkylation sites (N-methyl/N-ethyl adjacent to an activating group) is 1. The van der Waals surface area contributed by atoms with Crippen molar-refractivity contribution in [3.63, 3.8) is 0 Å². The summed E-state index contributed by atoms with van der Waals surface area (Å²) < 4.78 is 1.11. The van der Waals surface area contributed by atoms with Crippen LogP contribution in [0.1, 0.15) is 38.3 Å². The predicted molar refractivity (Wildman–Crippen MR) is 78.1 cm³/mol. The van der Waals surface area contributed by atoms with Gasteiger partial charge in [0.05, 0.1) is 0 Å². The molecule has 1 aromatic rings. The van der Waals surface area contributed by atoms with E-state index >= 15 is 0 Å². The van der Waals surface area contributed by atoms with Gasteiger partial charge in [0.15, 0.2) is 0 Å². The van der Waals surface area contributed by atoms with E-state index in [1.807, 2.05) is 0 Å². The van der Waals surface area contributed by atoms with Crippen LogP contribution >= 0.6 is 15.9 Å². The minimum atomic E-state index is 0.188. The fourth-order valence-corrected chi connectivity index (χ4v) is 2.47. The van der Waals surface area contributed by atoms with Crippen LogP contribution < -0.4 is 5.73 Å². The highest BCUT2D eigenvalue weighted by Gasteiger charge is 2.22. The minimum Gasteiger partial charge on any atom is -0.326 e. The van der Waals surface area contributed by atoms with Crippen LogP contribution in [0.5, 0.6) is 0 Å². The third-order valence-electron chi connectivity index (χ3n) is 3.14. The van der Waals surface area contributed by atoms with Crippen molar-refractivity contribution < 1.29 is 0 Å². The zero-order chi connectivity index (χ0) is 12.8. The highest BCUT2D eigenvalue weighted by atomic mass is 79.9. The van der Waals surface area contributed by atoms with E-state index in [2.05, 4.69) is 66.0 Å². The zero-order valence-electron chi connectivity index (χ0n) is 11.0. The van der Waals surface area contributed by atoms with E-state index in [1.165, 1.54) is 5.56 Å². The van der Waals surface area contributed by atoms with Crippen molar-refractivity contribution >= 4 is 15.9 Å². The first-order valence-corrected chi connectivity index (χ1v) is 7.10. The van der Waals surface area contributed by atoms with Gasteiger partial charge in [0.1, 0.15) is 0 Å². The minimum absolute atomic E-state index is 0.188. The number of nitrogens with two attached hydrogens (primary N) is 1. The van der Waals surface area contributed by atoms with Crippen LogP contribution in [0.2, 0.25) is 0 Å². The van der Waals surface area contributed by atoms with Crippen molar-refractivity contribution in [2.45, 2.75) is 38.8 Å². The van der Waals surface area contributed by atoms with Gasteiger partial charge in [-0.2, -0.15) is 0 Å². The number of hydrogen-bond acceptors (Lipinski definition) is 2. The van der Waals surface area contributed by atoms with Gasteiger partial charge < -0.3 is 5.73 Å². The van der Waals surface area contributed by atoms with Crippen molar-refractivity contribution in [2.24, 2.45) is 5.73 Å². The Kier molecular flexibility index (Phi) is 6.17. The van der Waals surface area contributed by atoms with Crippen LogP contribution in [0.3, 0.4) is 0 Å². The third-order valence-corrected chi connectivity index (χ3v) is 3.67. The molecule has 17 heavy (non-hydrogen) atoms. The topological polar surface area (TPSA) is 29.3 Å². The summed E-state index contributed by atoms with van der Waals surface area (Å²) in [6.45, 7) is 5.43. The lowest BCUT2D eigenvalue weighted by Crippen LogP contribution is -2.39. The molecule has 0 bridgehead atoms. The molecular weight excluding hydrogens is 276 g/mol. The van der Waals surface area contributed by atoms with E-state index in [0.717, 1.165) is 23.9 Å². The second kappa shape index (κ2) is 7.14. The average molecular weight is 299 g/mol. The molecule has 0 radical (unpaired) electrons. The van der Waals surface area contributed by atoms with E-state index in [0.29, 0.717) is 6.04 Å². The van der Waals surface area contributed by atoms with E-state index in [9.17, 15) is 0 Å². The second-order valence-electron chi connectivity index (χ2n) is 4.55. The quantitative estimate of drug-likeness (QED) is 0.870. The molecule has 2 nitrogen and oxygen atoms in total. The summed E-state index contributed by atoms with van der Waals surface area (Å²) in [6.07, 6.45) is 2.15. The number of nitrogens with zero attached hydrogens (tertiary/aromatic N) is 1. The Bertz CT molecular complexity index is 323. The summed E-state index contributed by atoms with van der Waals surface area (Å²) in [4.78, 5) is 2.36. The molecule has 2 unspecified atom stereocenters. The first kappa shape index (κ1) is 14.7. The summed E-state index contributed by atoms with van der Waals surface area (Å²) in [7, 11) is 2.16. The molecule has 0 aliphatic rings. The molecule has 1 rings (SSSR count). The van der Waals surface area contributed by atoms with Crippen LogP contribution in [0.25, 0.3) is 0 Å². The third kappa shape index (κ3) is 4.09. The molecule has 3 heteroatoms. The monoisotopic (exact) mass is 298 g/mol. The van der Waals surface area contributed by atoms with Gasteiger partial charge in [0, 0.05) is 16.6 Å². The lowest BCUT2D eigenvalue weighted by molar-refractivity contribution is 0.210. The molecular formula is C14H23BrN2. The molecule has 2 N–H and O–H groups in total. The molecule has 2 atom stereocenters. The lowest BCUT2D eigenvalue weighted by Gasteiger charge is -2.32. The normalized spacial score (nSPS) is 14.9. The highest BCUT2D eigenvalue weighted by molar-refractivity contribution is 9.10. The molecule has 0 aliphatic carbocycles. The summed E-state index contributed by atoms with van der Waals surface area (Å²) in [5, 5.41) is 0. The van der Waals surface area contributed by atoms with Crippen LogP contribution in [0.4, 0.5) is 0 Å². The molecule has 0 amide bonds. The fraction of sp³-hybridized carbons (Fsp3) is 0.571. The molecule has 0 heterocycles. The molecule has 0 aromatic heterocycles. The Morgan fingerprint density at radius 1 is 1.24 bits per heavy atom. The van der Waals surface area contributed by atoms with Crippen LogP contribution in [-0.4, -0.2) is 24.5 Å². The number of rotatable bonds is 6. The molecule has 0 saturated carbocycles. The van der Waals surface area contributed by atoms with Crippen LogP contribution in [0.15, 0.2) is 28.7 Å². The average Bonchev–Trinajstić information content (AvgIpc) is 2.32. The molecule has 0 aliphatic heterocycles. The predicted octanol–water partition coefficient (Wildman–Crippen LogP) is 3.57. The lowest BCUT2D eigenvalue weighted by atomic mass is 9.96. The van der Waals surface area contributed by atoms with Gasteiger partial charge in [-0.25, -0.2) is 0 Å². The molecule has 1 aromatic carbocycles. The molecule has 0 fully saturated rings. The summed E-state index contributed by atoms with van der Waals surface area (Å²) in [5.41, 5.74) is 7.57. The van der Waals surface area contributed by atoms with Gasteiger partial charge in [-0.1, -0.05) is 41.9 Å². The zero-order valence-corrected chi connectivity index (χ0v) is 12.6. The summed E-state index contributed by atoms with van der Waals surface area (Å²) in [6, 6.07) is 9.00. The largest absolute Gasteiger partial charge is 0.326 e. The Balaban J connectivity index is 2.93. The van der Waals surface area contributed by atoms with E-state index < -0.39 is 0 Å². The smallest absolute Gasteiger partial charge is 0.0496 e. The van der Waals surface area contributed by atoms with E-state index in [1.54, 1.807) is 0 Å². The maximum atomic E-state index is 6.27.